The third-order valence-electron chi connectivity index (χ3n) is 5.66. The fourth-order valence-corrected chi connectivity index (χ4v) is 4.53. The lowest BCUT2D eigenvalue weighted by molar-refractivity contribution is -0.113. The number of hydrogen-bond donors (Lipinski definition) is 1. The first kappa shape index (κ1) is 23.5. The first-order valence-electron chi connectivity index (χ1n) is 11.5. The van der Waals surface area contributed by atoms with Crippen LogP contribution in [0.2, 0.25) is 0 Å². The first-order chi connectivity index (χ1) is 15.9. The molecule has 0 spiro atoms. The Morgan fingerprint density at radius 2 is 1.85 bits per heavy atom. The van der Waals surface area contributed by atoms with Gasteiger partial charge >= 0.3 is 0 Å². The minimum absolute atomic E-state index is 0.139. The molecule has 176 valence electrons. The molecule has 1 N–H and O–H groups in total. The zero-order valence-electron chi connectivity index (χ0n) is 19.6. The number of rotatable bonds is 8. The number of aromatic nitrogens is 4. The fourth-order valence-electron chi connectivity index (χ4n) is 3.78. The second kappa shape index (κ2) is 10.5. The number of anilines is 1. The molecule has 1 fully saturated rings. The van der Waals surface area contributed by atoms with Gasteiger partial charge in [0.15, 0.2) is 5.16 Å². The molecule has 1 saturated heterocycles. The van der Waals surface area contributed by atoms with E-state index in [0.717, 1.165) is 36.3 Å². The quantitative estimate of drug-likeness (QED) is 0.492. The molecule has 3 heterocycles. The predicted molar refractivity (Wildman–Crippen MR) is 129 cm³/mol. The normalized spacial score (nSPS) is 15.0. The molecule has 3 aromatic rings. The van der Waals surface area contributed by atoms with Crippen molar-refractivity contribution >= 4 is 23.6 Å². The molecule has 1 aliphatic rings. The number of carbonyl (C=O) groups excluding carboxylic acids is 1. The maximum atomic E-state index is 12.6. The topological polar surface area (TPSA) is 89.1 Å². The van der Waals surface area contributed by atoms with E-state index in [4.69, 9.17) is 4.52 Å². The lowest BCUT2D eigenvalue weighted by Crippen LogP contribution is -2.30. The number of nitrogens with one attached hydrogen (secondary N) is 1. The lowest BCUT2D eigenvalue weighted by Gasteiger charge is -2.26. The Kier molecular flexibility index (Phi) is 7.49. The van der Waals surface area contributed by atoms with Crippen LogP contribution >= 0.6 is 11.8 Å². The minimum atomic E-state index is -0.163. The molecule has 0 unspecified atom stereocenters. The first-order valence-corrected chi connectivity index (χ1v) is 12.5. The zero-order chi connectivity index (χ0) is 23.3. The SMILES string of the molecule is CC(C)(C)c1cc(NC(=O)CSc2nnc(CN3CCCCC3)n2Cc2ccccc2)on1. The average Bonchev–Trinajstić information content (AvgIpc) is 3.41. The Labute approximate surface area is 199 Å². The van der Waals surface area contributed by atoms with Crippen molar-refractivity contribution in [3.05, 3.63) is 53.5 Å². The van der Waals surface area contributed by atoms with Crippen molar-refractivity contribution in [2.75, 3.05) is 24.2 Å². The van der Waals surface area contributed by atoms with Gasteiger partial charge in [-0.2, -0.15) is 0 Å². The minimum Gasteiger partial charge on any atom is -0.338 e. The van der Waals surface area contributed by atoms with Crippen molar-refractivity contribution in [2.24, 2.45) is 0 Å². The van der Waals surface area contributed by atoms with E-state index in [9.17, 15) is 4.79 Å². The van der Waals surface area contributed by atoms with Gasteiger partial charge in [-0.3, -0.25) is 15.0 Å². The molecular weight excluding hydrogens is 436 g/mol. The van der Waals surface area contributed by atoms with E-state index >= 15 is 0 Å². The van der Waals surface area contributed by atoms with E-state index in [1.165, 1.54) is 36.6 Å². The number of carbonyl (C=O) groups is 1. The maximum Gasteiger partial charge on any atom is 0.237 e. The van der Waals surface area contributed by atoms with E-state index in [2.05, 4.69) is 42.3 Å². The second-order valence-corrected chi connectivity index (χ2v) is 10.4. The Morgan fingerprint density at radius 1 is 1.09 bits per heavy atom. The summed E-state index contributed by atoms with van der Waals surface area (Å²) in [4.78, 5) is 15.0. The standard InChI is InChI=1S/C24H32N6O2S/c1-24(2,3)19-14-22(32-28-19)25-21(31)17-33-23-27-26-20(16-29-12-8-5-9-13-29)30(23)15-18-10-6-4-7-11-18/h4,6-7,10-11,14H,5,8-9,12-13,15-17H2,1-3H3,(H,25,31). The summed E-state index contributed by atoms with van der Waals surface area (Å²) in [7, 11) is 0. The molecule has 0 atom stereocenters. The number of benzene rings is 1. The smallest absolute Gasteiger partial charge is 0.237 e. The van der Waals surface area contributed by atoms with Crippen molar-refractivity contribution in [3.8, 4) is 0 Å². The van der Waals surface area contributed by atoms with Gasteiger partial charge < -0.3 is 9.09 Å². The Morgan fingerprint density at radius 3 is 2.55 bits per heavy atom. The molecule has 0 saturated carbocycles. The molecule has 33 heavy (non-hydrogen) atoms. The van der Waals surface area contributed by atoms with Gasteiger partial charge in [0.05, 0.1) is 24.5 Å². The monoisotopic (exact) mass is 468 g/mol. The van der Waals surface area contributed by atoms with E-state index in [1.54, 1.807) is 6.07 Å². The average molecular weight is 469 g/mol. The molecule has 0 bridgehead atoms. The van der Waals surface area contributed by atoms with Crippen LogP contribution in [0.4, 0.5) is 5.88 Å². The van der Waals surface area contributed by atoms with Gasteiger partial charge in [-0.05, 0) is 31.5 Å². The summed E-state index contributed by atoms with van der Waals surface area (Å²) in [5.41, 5.74) is 1.84. The molecular formula is C24H32N6O2S. The van der Waals surface area contributed by atoms with Crippen molar-refractivity contribution < 1.29 is 9.32 Å². The van der Waals surface area contributed by atoms with Crippen LogP contribution in [0.3, 0.4) is 0 Å². The van der Waals surface area contributed by atoms with Gasteiger partial charge in [0.25, 0.3) is 0 Å². The third kappa shape index (κ3) is 6.45. The molecule has 2 aromatic heterocycles. The number of likely N-dealkylation sites (tertiary alicyclic amines) is 1. The van der Waals surface area contributed by atoms with Gasteiger partial charge in [-0.15, -0.1) is 10.2 Å². The van der Waals surface area contributed by atoms with Crippen LogP contribution in [0.1, 0.15) is 57.1 Å². The summed E-state index contributed by atoms with van der Waals surface area (Å²) in [6, 6.07) is 12.1. The summed E-state index contributed by atoms with van der Waals surface area (Å²) >= 11 is 1.39. The highest BCUT2D eigenvalue weighted by Crippen LogP contribution is 2.25. The van der Waals surface area contributed by atoms with Gasteiger partial charge in [0.1, 0.15) is 5.82 Å². The van der Waals surface area contributed by atoms with E-state index in [1.807, 2.05) is 39.0 Å². The molecule has 0 aliphatic carbocycles. The molecule has 9 heteroatoms. The second-order valence-electron chi connectivity index (χ2n) is 9.47. The number of nitrogens with zero attached hydrogens (tertiary/aromatic N) is 5. The largest absolute Gasteiger partial charge is 0.338 e. The molecule has 8 nitrogen and oxygen atoms in total. The van der Waals surface area contributed by atoms with Gasteiger partial charge in [-0.1, -0.05) is 74.4 Å². The van der Waals surface area contributed by atoms with Crippen LogP contribution in [-0.4, -0.2) is 49.6 Å². The van der Waals surface area contributed by atoms with Crippen molar-refractivity contribution in [1.29, 1.82) is 0 Å². The molecule has 1 aromatic carbocycles. The Hall–Kier alpha value is -2.65. The van der Waals surface area contributed by atoms with Gasteiger partial charge in [0.2, 0.25) is 11.8 Å². The third-order valence-corrected chi connectivity index (χ3v) is 6.63. The zero-order valence-corrected chi connectivity index (χ0v) is 20.4. The predicted octanol–water partition coefficient (Wildman–Crippen LogP) is 4.33. The highest BCUT2D eigenvalue weighted by atomic mass is 32.2. The summed E-state index contributed by atoms with van der Waals surface area (Å²) in [5, 5.41) is 16.5. The lowest BCUT2D eigenvalue weighted by atomic mass is 9.92. The van der Waals surface area contributed by atoms with Crippen molar-refractivity contribution in [2.45, 2.75) is 63.7 Å². The summed E-state index contributed by atoms with van der Waals surface area (Å²) in [6.07, 6.45) is 3.76. The molecule has 1 amide bonds. The van der Waals surface area contributed by atoms with Crippen LogP contribution in [-0.2, 0) is 23.3 Å². The van der Waals surface area contributed by atoms with E-state index in [-0.39, 0.29) is 17.1 Å². The number of hydrogen-bond acceptors (Lipinski definition) is 7. The number of amides is 1. The van der Waals surface area contributed by atoms with Crippen LogP contribution in [0.5, 0.6) is 0 Å². The molecule has 1 aliphatic heterocycles. The Balaban J connectivity index is 1.43. The Bertz CT molecular complexity index is 1050. The fraction of sp³-hybridized carbons (Fsp3) is 0.500. The summed E-state index contributed by atoms with van der Waals surface area (Å²) in [6.45, 7) is 9.79. The van der Waals surface area contributed by atoms with Crippen LogP contribution in [0.15, 0.2) is 46.1 Å². The summed E-state index contributed by atoms with van der Waals surface area (Å²) < 4.78 is 7.41. The highest BCUT2D eigenvalue weighted by molar-refractivity contribution is 7.99. The molecule has 0 radical (unpaired) electrons. The number of thioether (sulfide) groups is 1. The summed E-state index contributed by atoms with van der Waals surface area (Å²) in [5.74, 6) is 1.35. The van der Waals surface area contributed by atoms with Gasteiger partial charge in [0, 0.05) is 11.5 Å². The van der Waals surface area contributed by atoms with Crippen LogP contribution in [0.25, 0.3) is 0 Å². The molecule has 4 rings (SSSR count). The van der Waals surface area contributed by atoms with Crippen LogP contribution < -0.4 is 5.32 Å². The van der Waals surface area contributed by atoms with E-state index < -0.39 is 0 Å². The maximum absolute atomic E-state index is 12.6. The van der Waals surface area contributed by atoms with E-state index in [0.29, 0.717) is 12.4 Å². The van der Waals surface area contributed by atoms with Crippen molar-refractivity contribution in [3.63, 3.8) is 0 Å². The van der Waals surface area contributed by atoms with Crippen molar-refractivity contribution in [1.82, 2.24) is 24.8 Å². The van der Waals surface area contributed by atoms with Gasteiger partial charge in [-0.25, -0.2) is 0 Å². The number of piperidine rings is 1. The highest BCUT2D eigenvalue weighted by Gasteiger charge is 2.21. The van der Waals surface area contributed by atoms with Crippen LogP contribution in [0, 0.1) is 0 Å².